The Morgan fingerprint density at radius 3 is 2.81 bits per heavy atom. The molecule has 5 heteroatoms. The molecule has 1 aromatic carbocycles. The number of imidazole rings is 1. The van der Waals surface area contributed by atoms with Gasteiger partial charge in [0.25, 0.3) is 0 Å². The monoisotopic (exact) mass is 291 g/mol. The highest BCUT2D eigenvalue weighted by atomic mass is 19.1. The van der Waals surface area contributed by atoms with E-state index >= 15 is 0 Å². The third kappa shape index (κ3) is 4.56. The van der Waals surface area contributed by atoms with Gasteiger partial charge in [0.2, 0.25) is 5.95 Å². The van der Waals surface area contributed by atoms with Gasteiger partial charge >= 0.3 is 0 Å². The summed E-state index contributed by atoms with van der Waals surface area (Å²) < 4.78 is 20.4. The fraction of sp³-hybridized carbons (Fsp3) is 0.438. The van der Waals surface area contributed by atoms with Gasteiger partial charge in [-0.05, 0) is 38.0 Å². The Morgan fingerprint density at radius 1 is 1.33 bits per heavy atom. The number of nitrogens with zero attached hydrogens (tertiary/aromatic N) is 2. The second-order valence-corrected chi connectivity index (χ2v) is 4.91. The molecule has 0 spiro atoms. The lowest BCUT2D eigenvalue weighted by atomic mass is 10.1. The number of aromatic nitrogens is 2. The molecule has 0 amide bonds. The Hall–Kier alpha value is -1.88. The number of hydrogen-bond donors (Lipinski definition) is 1. The summed E-state index contributed by atoms with van der Waals surface area (Å²) in [4.78, 5) is 4.34. The van der Waals surface area contributed by atoms with Crippen molar-refractivity contribution < 1.29 is 9.13 Å². The van der Waals surface area contributed by atoms with E-state index in [9.17, 15) is 4.39 Å². The standard InChI is InChI=1S/C16H22FN3O/c1-3-21-12-4-10-20-11-9-18-16(20)19-13(2)14-5-7-15(17)8-6-14/h5-9,11,13H,3-4,10,12H2,1-2H3,(H,18,19). The fourth-order valence-electron chi connectivity index (χ4n) is 2.14. The van der Waals surface area contributed by atoms with Crippen LogP contribution >= 0.6 is 0 Å². The minimum absolute atomic E-state index is 0.0682. The Morgan fingerprint density at radius 2 is 2.10 bits per heavy atom. The van der Waals surface area contributed by atoms with Gasteiger partial charge in [0, 0.05) is 32.2 Å². The van der Waals surface area contributed by atoms with Crippen molar-refractivity contribution in [1.29, 1.82) is 0 Å². The molecule has 1 N–H and O–H groups in total. The van der Waals surface area contributed by atoms with Crippen molar-refractivity contribution in [2.24, 2.45) is 0 Å². The summed E-state index contributed by atoms with van der Waals surface area (Å²) in [5.41, 5.74) is 1.03. The van der Waals surface area contributed by atoms with E-state index in [1.165, 1.54) is 12.1 Å². The summed E-state index contributed by atoms with van der Waals surface area (Å²) in [5, 5.41) is 3.36. The second-order valence-electron chi connectivity index (χ2n) is 4.91. The van der Waals surface area contributed by atoms with Crippen LogP contribution in [0.3, 0.4) is 0 Å². The van der Waals surface area contributed by atoms with Crippen LogP contribution in [0.15, 0.2) is 36.7 Å². The second kappa shape index (κ2) is 7.78. The Labute approximate surface area is 125 Å². The lowest BCUT2D eigenvalue weighted by molar-refractivity contribution is 0.142. The van der Waals surface area contributed by atoms with E-state index in [0.29, 0.717) is 0 Å². The van der Waals surface area contributed by atoms with Crippen LogP contribution in [0.25, 0.3) is 0 Å². The predicted molar refractivity (Wildman–Crippen MR) is 81.8 cm³/mol. The summed E-state index contributed by atoms with van der Waals surface area (Å²) in [6.07, 6.45) is 4.68. The van der Waals surface area contributed by atoms with Gasteiger partial charge in [0.05, 0.1) is 6.04 Å². The van der Waals surface area contributed by atoms with Crippen LogP contribution in [-0.4, -0.2) is 22.8 Å². The van der Waals surface area contributed by atoms with E-state index in [-0.39, 0.29) is 11.9 Å². The lowest BCUT2D eigenvalue weighted by Crippen LogP contribution is -2.12. The maximum Gasteiger partial charge on any atom is 0.203 e. The van der Waals surface area contributed by atoms with Crippen LogP contribution < -0.4 is 5.32 Å². The molecule has 1 aromatic heterocycles. The lowest BCUT2D eigenvalue weighted by Gasteiger charge is -2.16. The van der Waals surface area contributed by atoms with E-state index in [4.69, 9.17) is 4.74 Å². The molecular weight excluding hydrogens is 269 g/mol. The first kappa shape index (κ1) is 15.5. The van der Waals surface area contributed by atoms with Gasteiger partial charge in [0.1, 0.15) is 5.82 Å². The maximum absolute atomic E-state index is 12.9. The first-order valence-corrected chi connectivity index (χ1v) is 7.31. The average molecular weight is 291 g/mol. The molecule has 0 bridgehead atoms. The van der Waals surface area contributed by atoms with Gasteiger partial charge in [-0.1, -0.05) is 12.1 Å². The largest absolute Gasteiger partial charge is 0.382 e. The van der Waals surface area contributed by atoms with Gasteiger partial charge in [-0.25, -0.2) is 9.37 Å². The Kier molecular flexibility index (Phi) is 5.75. The highest BCUT2D eigenvalue weighted by molar-refractivity contribution is 5.32. The Bertz CT molecular complexity index is 539. The number of benzene rings is 1. The van der Waals surface area contributed by atoms with Crippen molar-refractivity contribution >= 4 is 5.95 Å². The maximum atomic E-state index is 12.9. The molecule has 4 nitrogen and oxygen atoms in total. The van der Waals surface area contributed by atoms with Crippen LogP contribution in [0.4, 0.5) is 10.3 Å². The van der Waals surface area contributed by atoms with Gasteiger partial charge in [0.15, 0.2) is 0 Å². The first-order chi connectivity index (χ1) is 10.2. The summed E-state index contributed by atoms with van der Waals surface area (Å²) in [6.45, 7) is 6.39. The van der Waals surface area contributed by atoms with Crippen LogP contribution in [0.5, 0.6) is 0 Å². The summed E-state index contributed by atoms with van der Waals surface area (Å²) in [6, 6.07) is 6.59. The molecule has 21 heavy (non-hydrogen) atoms. The van der Waals surface area contributed by atoms with Gasteiger partial charge < -0.3 is 14.6 Å². The molecule has 0 radical (unpaired) electrons. The molecule has 0 aliphatic carbocycles. The third-order valence-electron chi connectivity index (χ3n) is 3.32. The van der Waals surface area contributed by atoms with Gasteiger partial charge in [-0.2, -0.15) is 0 Å². The zero-order valence-corrected chi connectivity index (χ0v) is 12.6. The number of aryl methyl sites for hydroxylation is 1. The van der Waals surface area contributed by atoms with Crippen LogP contribution in [0.1, 0.15) is 31.9 Å². The molecule has 0 saturated carbocycles. The molecule has 1 atom stereocenters. The summed E-state index contributed by atoms with van der Waals surface area (Å²) >= 11 is 0. The van der Waals surface area contributed by atoms with E-state index in [0.717, 1.165) is 37.7 Å². The predicted octanol–water partition coefficient (Wildman–Crippen LogP) is 3.62. The minimum Gasteiger partial charge on any atom is -0.382 e. The molecule has 1 unspecified atom stereocenters. The zero-order valence-electron chi connectivity index (χ0n) is 12.6. The SMILES string of the molecule is CCOCCCn1ccnc1NC(C)c1ccc(F)cc1. The van der Waals surface area contributed by atoms with Crippen LogP contribution in [0, 0.1) is 5.82 Å². The van der Waals surface area contributed by atoms with Crippen molar-refractivity contribution in [3.05, 3.63) is 48.0 Å². The number of ether oxygens (including phenoxy) is 1. The highest BCUT2D eigenvalue weighted by Crippen LogP contribution is 2.18. The Balaban J connectivity index is 1.93. The summed E-state index contributed by atoms with van der Waals surface area (Å²) in [5.74, 6) is 0.603. The molecule has 0 fully saturated rings. The topological polar surface area (TPSA) is 39.1 Å². The van der Waals surface area contributed by atoms with E-state index in [2.05, 4.69) is 14.9 Å². The molecular formula is C16H22FN3O. The minimum atomic E-state index is -0.219. The molecule has 0 aliphatic rings. The molecule has 0 aliphatic heterocycles. The van der Waals surface area contributed by atoms with Crippen molar-refractivity contribution in [3.8, 4) is 0 Å². The summed E-state index contributed by atoms with van der Waals surface area (Å²) in [7, 11) is 0. The van der Waals surface area contributed by atoms with Gasteiger partial charge in [-0.15, -0.1) is 0 Å². The molecule has 0 saturated heterocycles. The van der Waals surface area contributed by atoms with E-state index in [1.807, 2.05) is 20.0 Å². The van der Waals surface area contributed by atoms with Crippen molar-refractivity contribution in [2.75, 3.05) is 18.5 Å². The molecule has 2 rings (SSSR count). The van der Waals surface area contributed by atoms with Gasteiger partial charge in [-0.3, -0.25) is 0 Å². The van der Waals surface area contributed by atoms with Crippen LogP contribution in [-0.2, 0) is 11.3 Å². The van der Waals surface area contributed by atoms with E-state index in [1.54, 1.807) is 18.3 Å². The average Bonchev–Trinajstić information content (AvgIpc) is 2.91. The normalized spacial score (nSPS) is 12.3. The van der Waals surface area contributed by atoms with Crippen molar-refractivity contribution in [2.45, 2.75) is 32.9 Å². The van der Waals surface area contributed by atoms with Crippen molar-refractivity contribution in [1.82, 2.24) is 9.55 Å². The van der Waals surface area contributed by atoms with Crippen LogP contribution in [0.2, 0.25) is 0 Å². The highest BCUT2D eigenvalue weighted by Gasteiger charge is 2.09. The number of rotatable bonds is 8. The third-order valence-corrected chi connectivity index (χ3v) is 3.32. The number of hydrogen-bond acceptors (Lipinski definition) is 3. The molecule has 114 valence electrons. The zero-order chi connectivity index (χ0) is 15.1. The molecule has 2 aromatic rings. The number of nitrogens with one attached hydrogen (secondary N) is 1. The van der Waals surface area contributed by atoms with E-state index < -0.39 is 0 Å². The quantitative estimate of drug-likeness (QED) is 0.755. The first-order valence-electron chi connectivity index (χ1n) is 7.31. The van der Waals surface area contributed by atoms with Crippen molar-refractivity contribution in [3.63, 3.8) is 0 Å². The molecule has 1 heterocycles. The fourth-order valence-corrected chi connectivity index (χ4v) is 2.14. The number of anilines is 1. The smallest absolute Gasteiger partial charge is 0.203 e. The number of halogens is 1.